The number of carbonyl (C=O) groups is 1. The van der Waals surface area contributed by atoms with Crippen LogP contribution in [0.25, 0.3) is 16.0 Å². The monoisotopic (exact) mass is 279 g/mol. The molecule has 0 atom stereocenters. The van der Waals surface area contributed by atoms with Gasteiger partial charge in [0, 0.05) is 6.42 Å². The first kappa shape index (κ1) is 14.8. The first-order valence-corrected chi connectivity index (χ1v) is 7.05. The van der Waals surface area contributed by atoms with Gasteiger partial charge in [0.15, 0.2) is 0 Å². The molecule has 3 heteroatoms. The first-order valence-electron chi connectivity index (χ1n) is 7.05. The third kappa shape index (κ3) is 4.19. The summed E-state index contributed by atoms with van der Waals surface area (Å²) < 4.78 is 0. The van der Waals surface area contributed by atoms with E-state index >= 15 is 0 Å². The minimum Gasteiger partial charge on any atom is -0.545 e. The quantitative estimate of drug-likeness (QED) is 0.807. The first-order chi connectivity index (χ1) is 10.2. The van der Waals surface area contributed by atoms with Crippen LogP contribution < -0.4 is 5.11 Å². The smallest absolute Gasteiger partial charge is 0.311 e. The highest BCUT2D eigenvalue weighted by atomic mass is 16.4. The Balaban J connectivity index is 2.10. The molecule has 2 rings (SSSR count). The van der Waals surface area contributed by atoms with Crippen molar-refractivity contribution in [1.82, 2.24) is 0 Å². The number of benzene rings is 2. The Morgan fingerprint density at radius 3 is 2.14 bits per heavy atom. The van der Waals surface area contributed by atoms with Crippen LogP contribution in [0.15, 0.2) is 48.5 Å². The minimum absolute atomic E-state index is 0.187. The van der Waals surface area contributed by atoms with Crippen molar-refractivity contribution < 1.29 is 9.90 Å². The van der Waals surface area contributed by atoms with E-state index in [2.05, 4.69) is 17.8 Å². The van der Waals surface area contributed by atoms with E-state index in [1.165, 1.54) is 0 Å². The van der Waals surface area contributed by atoms with Gasteiger partial charge in [0.1, 0.15) is 5.56 Å². The standard InChI is InChI=1S/C18H17NO2/c1-2-3-12-19-13-14-4-6-15(7-5-14)16-8-10-17(11-9-16)18(20)21/h4-11H,2-3,12H2,1H3. The van der Waals surface area contributed by atoms with Crippen LogP contribution in [-0.2, 0) is 0 Å². The van der Waals surface area contributed by atoms with Gasteiger partial charge in [0.2, 0.25) is 0 Å². The predicted octanol–water partition coefficient (Wildman–Crippen LogP) is 3.20. The summed E-state index contributed by atoms with van der Waals surface area (Å²) in [5.74, 6) is -1.16. The maximum atomic E-state index is 10.7. The Morgan fingerprint density at radius 1 is 1.05 bits per heavy atom. The van der Waals surface area contributed by atoms with E-state index in [4.69, 9.17) is 0 Å². The van der Waals surface area contributed by atoms with Crippen molar-refractivity contribution in [3.8, 4) is 17.2 Å². The molecule has 0 unspecified atom stereocenters. The Bertz CT molecular complexity index is 661. The number of hydrogen-bond donors (Lipinski definition) is 0. The third-order valence-corrected chi connectivity index (χ3v) is 3.17. The Kier molecular flexibility index (Phi) is 5.11. The van der Waals surface area contributed by atoms with Crippen LogP contribution in [0.1, 0.15) is 35.7 Å². The Hall–Kier alpha value is -2.60. The lowest BCUT2D eigenvalue weighted by molar-refractivity contribution is -0.255. The number of aromatic carboxylic acids is 1. The molecule has 0 bridgehead atoms. The largest absolute Gasteiger partial charge is 0.545 e. The molecule has 0 spiro atoms. The van der Waals surface area contributed by atoms with Crippen molar-refractivity contribution >= 4 is 5.97 Å². The maximum Gasteiger partial charge on any atom is 0.311 e. The number of unbranched alkanes of at least 4 members (excludes halogenated alkanes) is 1. The molecule has 0 heterocycles. The van der Waals surface area contributed by atoms with Crippen LogP contribution >= 0.6 is 0 Å². The SMILES string of the molecule is CCCC[N+]#Cc1ccc(-c2ccc(C(=O)[O-])cc2)cc1. The fourth-order valence-electron chi connectivity index (χ4n) is 1.92. The van der Waals surface area contributed by atoms with Crippen molar-refractivity contribution in [2.45, 2.75) is 19.8 Å². The molecule has 0 aliphatic heterocycles. The van der Waals surface area contributed by atoms with Gasteiger partial charge in [-0.15, -0.1) is 0 Å². The van der Waals surface area contributed by atoms with E-state index in [1.54, 1.807) is 24.3 Å². The minimum atomic E-state index is -1.16. The summed E-state index contributed by atoms with van der Waals surface area (Å²) in [4.78, 5) is 15.0. The highest BCUT2D eigenvalue weighted by Crippen LogP contribution is 2.20. The predicted molar refractivity (Wildman–Crippen MR) is 82.3 cm³/mol. The molecule has 0 aromatic heterocycles. The van der Waals surface area contributed by atoms with E-state index in [9.17, 15) is 9.90 Å². The summed E-state index contributed by atoms with van der Waals surface area (Å²) in [6.45, 7) is 2.94. The van der Waals surface area contributed by atoms with Gasteiger partial charge in [0.25, 0.3) is 6.54 Å². The fraction of sp³-hybridized carbons (Fsp3) is 0.222. The lowest BCUT2D eigenvalue weighted by Gasteiger charge is -2.04. The van der Waals surface area contributed by atoms with Gasteiger partial charge in [-0.05, 0) is 35.2 Å². The van der Waals surface area contributed by atoms with Crippen molar-refractivity contribution in [1.29, 1.82) is 0 Å². The zero-order chi connectivity index (χ0) is 15.1. The fourth-order valence-corrected chi connectivity index (χ4v) is 1.92. The molecule has 0 saturated carbocycles. The molecule has 2 aromatic carbocycles. The topological polar surface area (TPSA) is 44.5 Å². The zero-order valence-electron chi connectivity index (χ0n) is 12.0. The summed E-state index contributed by atoms with van der Waals surface area (Å²) in [6, 6.07) is 17.5. The van der Waals surface area contributed by atoms with Crippen LogP contribution in [0.5, 0.6) is 0 Å². The summed E-state index contributed by atoms with van der Waals surface area (Å²) in [5, 5.41) is 10.7. The van der Waals surface area contributed by atoms with E-state index in [1.807, 2.05) is 24.3 Å². The molecule has 0 aliphatic rings. The number of hydrogen-bond acceptors (Lipinski definition) is 2. The second kappa shape index (κ2) is 7.25. The van der Waals surface area contributed by atoms with Gasteiger partial charge in [-0.25, -0.2) is 0 Å². The molecule has 106 valence electrons. The average Bonchev–Trinajstić information content (AvgIpc) is 2.52. The van der Waals surface area contributed by atoms with Gasteiger partial charge < -0.3 is 9.90 Å². The third-order valence-electron chi connectivity index (χ3n) is 3.17. The van der Waals surface area contributed by atoms with E-state index in [0.29, 0.717) is 0 Å². The highest BCUT2D eigenvalue weighted by molar-refractivity contribution is 5.86. The van der Waals surface area contributed by atoms with Crippen molar-refractivity contribution in [2.24, 2.45) is 0 Å². The van der Waals surface area contributed by atoms with Crippen LogP contribution in [0.4, 0.5) is 0 Å². The number of carboxylic acid groups (broad SMARTS) is 1. The molecule has 0 amide bonds. The van der Waals surface area contributed by atoms with Crippen molar-refractivity contribution in [2.75, 3.05) is 6.54 Å². The second-order valence-electron chi connectivity index (χ2n) is 4.79. The normalized spacial score (nSPS) is 9.76. The molecule has 2 aromatic rings. The summed E-state index contributed by atoms with van der Waals surface area (Å²) in [5.41, 5.74) is 3.13. The van der Waals surface area contributed by atoms with Gasteiger partial charge in [-0.2, -0.15) is 0 Å². The second-order valence-corrected chi connectivity index (χ2v) is 4.79. The zero-order valence-corrected chi connectivity index (χ0v) is 12.0. The molecule has 0 radical (unpaired) electrons. The average molecular weight is 279 g/mol. The maximum absolute atomic E-state index is 10.7. The number of carbonyl (C=O) groups excluding carboxylic acids is 1. The molecule has 0 saturated heterocycles. The van der Waals surface area contributed by atoms with Crippen LogP contribution in [0.3, 0.4) is 0 Å². The van der Waals surface area contributed by atoms with E-state index < -0.39 is 5.97 Å². The highest BCUT2D eigenvalue weighted by Gasteiger charge is 2.01. The molecular formula is C18H17NO2. The molecule has 0 N–H and O–H groups in total. The number of rotatable bonds is 4. The Morgan fingerprint density at radius 2 is 1.62 bits per heavy atom. The van der Waals surface area contributed by atoms with Crippen LogP contribution in [0, 0.1) is 6.07 Å². The van der Waals surface area contributed by atoms with Gasteiger partial charge in [0.05, 0.1) is 5.97 Å². The van der Waals surface area contributed by atoms with Crippen molar-refractivity contribution in [3.63, 3.8) is 0 Å². The lowest BCUT2D eigenvalue weighted by atomic mass is 10.0. The number of nitrogens with zero attached hydrogens (tertiary/aromatic N) is 1. The lowest BCUT2D eigenvalue weighted by Crippen LogP contribution is -2.21. The molecular weight excluding hydrogens is 262 g/mol. The van der Waals surface area contributed by atoms with E-state index in [0.717, 1.165) is 36.1 Å². The van der Waals surface area contributed by atoms with Crippen LogP contribution in [-0.4, -0.2) is 12.5 Å². The molecule has 21 heavy (non-hydrogen) atoms. The molecule has 0 fully saturated rings. The molecule has 0 aliphatic carbocycles. The molecule has 3 nitrogen and oxygen atoms in total. The van der Waals surface area contributed by atoms with E-state index in [-0.39, 0.29) is 5.56 Å². The summed E-state index contributed by atoms with van der Waals surface area (Å²) >= 11 is 0. The Labute approximate surface area is 124 Å². The summed E-state index contributed by atoms with van der Waals surface area (Å²) in [7, 11) is 0. The van der Waals surface area contributed by atoms with Crippen LogP contribution in [0.2, 0.25) is 0 Å². The van der Waals surface area contributed by atoms with Gasteiger partial charge >= 0.3 is 6.07 Å². The summed E-state index contributed by atoms with van der Waals surface area (Å²) in [6.07, 6.45) is 2.21. The van der Waals surface area contributed by atoms with Gasteiger partial charge in [-0.1, -0.05) is 48.2 Å². The number of carboxylic acids is 1. The van der Waals surface area contributed by atoms with Crippen molar-refractivity contribution in [3.05, 3.63) is 64.5 Å². The van der Waals surface area contributed by atoms with Gasteiger partial charge in [-0.3, -0.25) is 0 Å².